The van der Waals surface area contributed by atoms with Crippen LogP contribution in [0.3, 0.4) is 0 Å². The second-order valence-electron chi connectivity index (χ2n) is 6.56. The molecule has 1 fully saturated rings. The highest BCUT2D eigenvalue weighted by molar-refractivity contribution is 5.85. The van der Waals surface area contributed by atoms with Gasteiger partial charge in [0.2, 0.25) is 0 Å². The number of carbonyl (C=O) groups excluding carboxylic acids is 1. The third kappa shape index (κ3) is 4.38. The van der Waals surface area contributed by atoms with Crippen LogP contribution in [0.1, 0.15) is 39.7 Å². The maximum atomic E-state index is 12.7. The van der Waals surface area contributed by atoms with Crippen LogP contribution in [0.15, 0.2) is 30.3 Å². The smallest absolute Gasteiger partial charge is 0.172 e. The van der Waals surface area contributed by atoms with Gasteiger partial charge in [-0.05, 0) is 33.3 Å². The fourth-order valence-electron chi connectivity index (χ4n) is 2.95. The minimum Gasteiger partial charge on any atom is -0.382 e. The molecule has 1 saturated heterocycles. The Morgan fingerprint density at radius 1 is 1.30 bits per heavy atom. The highest BCUT2D eigenvalue weighted by atomic mass is 16.7. The van der Waals surface area contributed by atoms with E-state index < -0.39 is 17.5 Å². The number of benzene rings is 1. The SMILES string of the molecule is CC(C)O[C@]1(C)CC(=O)[C@H]([C@](C)(O)c2ccccc2)OCCO1. The molecular formula is C18H26O5. The van der Waals surface area contributed by atoms with Crippen molar-refractivity contribution in [3.63, 3.8) is 0 Å². The molecule has 0 unspecified atom stereocenters. The Morgan fingerprint density at radius 3 is 2.57 bits per heavy atom. The quantitative estimate of drug-likeness (QED) is 0.922. The van der Waals surface area contributed by atoms with Crippen LogP contribution in [0, 0.1) is 0 Å². The van der Waals surface area contributed by atoms with Crippen LogP contribution >= 0.6 is 0 Å². The van der Waals surface area contributed by atoms with E-state index in [4.69, 9.17) is 14.2 Å². The minimum atomic E-state index is -1.41. The molecule has 1 aliphatic rings. The predicted octanol–water partition coefficient (Wildman–Crippen LogP) is 2.41. The molecule has 0 saturated carbocycles. The molecule has 0 bridgehead atoms. The molecule has 0 radical (unpaired) electrons. The molecule has 0 aliphatic carbocycles. The van der Waals surface area contributed by atoms with Crippen LogP contribution in [0.2, 0.25) is 0 Å². The third-order valence-electron chi connectivity index (χ3n) is 3.92. The standard InChI is InChI=1S/C18H26O5/c1-13(2)23-17(3)12-15(19)16(21-10-11-22-17)18(4,20)14-8-6-5-7-9-14/h5-9,13,16,20H,10-12H2,1-4H3/t16-,17-,18-/m1/s1. The second kappa shape index (κ2) is 7.09. The van der Waals surface area contributed by atoms with Crippen LogP contribution < -0.4 is 0 Å². The van der Waals surface area contributed by atoms with Crippen molar-refractivity contribution in [1.82, 2.24) is 0 Å². The lowest BCUT2D eigenvalue weighted by Gasteiger charge is -2.38. The molecule has 1 aromatic rings. The van der Waals surface area contributed by atoms with Gasteiger partial charge in [0.1, 0.15) is 11.7 Å². The zero-order chi connectivity index (χ0) is 17.1. The molecule has 1 heterocycles. The van der Waals surface area contributed by atoms with Crippen LogP contribution in [0.25, 0.3) is 0 Å². The molecule has 0 amide bonds. The average Bonchev–Trinajstić information content (AvgIpc) is 2.45. The normalized spacial score (nSPS) is 29.0. The Bertz CT molecular complexity index is 525. The summed E-state index contributed by atoms with van der Waals surface area (Å²) in [6, 6.07) is 9.09. The summed E-state index contributed by atoms with van der Waals surface area (Å²) in [5.74, 6) is -1.23. The molecule has 0 spiro atoms. The van der Waals surface area contributed by atoms with Crippen LogP contribution in [-0.4, -0.2) is 42.1 Å². The summed E-state index contributed by atoms with van der Waals surface area (Å²) in [7, 11) is 0. The topological polar surface area (TPSA) is 65.0 Å². The van der Waals surface area contributed by atoms with Gasteiger partial charge in [-0.3, -0.25) is 4.79 Å². The summed E-state index contributed by atoms with van der Waals surface area (Å²) in [4.78, 5) is 12.7. The van der Waals surface area contributed by atoms with Crippen molar-refractivity contribution in [3.8, 4) is 0 Å². The van der Waals surface area contributed by atoms with E-state index in [1.807, 2.05) is 32.0 Å². The highest BCUT2D eigenvalue weighted by Gasteiger charge is 2.44. The summed E-state index contributed by atoms with van der Waals surface area (Å²) in [5, 5.41) is 10.9. The zero-order valence-electron chi connectivity index (χ0n) is 14.2. The van der Waals surface area contributed by atoms with Crippen molar-refractivity contribution >= 4 is 5.78 Å². The van der Waals surface area contributed by atoms with Gasteiger partial charge >= 0.3 is 0 Å². The largest absolute Gasteiger partial charge is 0.382 e. The first-order valence-corrected chi connectivity index (χ1v) is 7.98. The van der Waals surface area contributed by atoms with E-state index in [0.29, 0.717) is 12.2 Å². The molecule has 3 atom stereocenters. The molecule has 1 aliphatic heterocycles. The molecule has 0 aromatic heterocycles. The molecular weight excluding hydrogens is 296 g/mol. The number of Topliss-reactive ketones (excluding diaryl/α,β-unsaturated/α-hetero) is 1. The highest BCUT2D eigenvalue weighted by Crippen LogP contribution is 2.32. The number of aliphatic hydroxyl groups is 1. The summed E-state index contributed by atoms with van der Waals surface area (Å²) >= 11 is 0. The van der Waals surface area contributed by atoms with Gasteiger partial charge < -0.3 is 19.3 Å². The molecule has 5 nitrogen and oxygen atoms in total. The van der Waals surface area contributed by atoms with Crippen molar-refractivity contribution < 1.29 is 24.1 Å². The van der Waals surface area contributed by atoms with Crippen molar-refractivity contribution in [2.24, 2.45) is 0 Å². The molecule has 5 heteroatoms. The van der Waals surface area contributed by atoms with E-state index >= 15 is 0 Å². The van der Waals surface area contributed by atoms with E-state index in [0.717, 1.165) is 0 Å². The first kappa shape index (κ1) is 18.1. The van der Waals surface area contributed by atoms with Gasteiger partial charge in [-0.2, -0.15) is 0 Å². The van der Waals surface area contributed by atoms with E-state index in [2.05, 4.69) is 0 Å². The number of ketones is 1. The Balaban J connectivity index is 2.23. The van der Waals surface area contributed by atoms with Gasteiger partial charge in [0.15, 0.2) is 11.6 Å². The first-order chi connectivity index (χ1) is 10.7. The van der Waals surface area contributed by atoms with Crippen LogP contribution in [0.4, 0.5) is 0 Å². The van der Waals surface area contributed by atoms with E-state index in [1.54, 1.807) is 26.0 Å². The number of hydrogen-bond acceptors (Lipinski definition) is 5. The van der Waals surface area contributed by atoms with Gasteiger partial charge in [-0.15, -0.1) is 0 Å². The summed E-state index contributed by atoms with van der Waals surface area (Å²) in [6.07, 6.45) is -0.996. The van der Waals surface area contributed by atoms with Crippen LogP contribution in [-0.2, 0) is 24.6 Å². The van der Waals surface area contributed by atoms with Crippen molar-refractivity contribution in [2.75, 3.05) is 13.2 Å². The lowest BCUT2D eigenvalue weighted by molar-refractivity contribution is -0.260. The maximum Gasteiger partial charge on any atom is 0.172 e. The maximum absolute atomic E-state index is 12.7. The van der Waals surface area contributed by atoms with Gasteiger partial charge in [0.05, 0.1) is 25.7 Å². The van der Waals surface area contributed by atoms with E-state index in [1.165, 1.54) is 0 Å². The average molecular weight is 322 g/mol. The fraction of sp³-hybridized carbons (Fsp3) is 0.611. The summed E-state index contributed by atoms with van der Waals surface area (Å²) in [5.41, 5.74) is -0.764. The van der Waals surface area contributed by atoms with E-state index in [-0.39, 0.29) is 24.9 Å². The first-order valence-electron chi connectivity index (χ1n) is 7.98. The van der Waals surface area contributed by atoms with Gasteiger partial charge in [0.25, 0.3) is 0 Å². The third-order valence-corrected chi connectivity index (χ3v) is 3.92. The predicted molar refractivity (Wildman–Crippen MR) is 86.0 cm³/mol. The number of hydrogen-bond donors (Lipinski definition) is 1. The number of ether oxygens (including phenoxy) is 3. The molecule has 1 aromatic carbocycles. The molecule has 128 valence electrons. The minimum absolute atomic E-state index is 0.0266. The molecule has 2 rings (SSSR count). The molecule has 23 heavy (non-hydrogen) atoms. The monoisotopic (exact) mass is 322 g/mol. The molecule has 1 N–H and O–H groups in total. The van der Waals surface area contributed by atoms with Gasteiger partial charge in [-0.25, -0.2) is 0 Å². The Hall–Kier alpha value is -1.27. The number of rotatable bonds is 4. The summed E-state index contributed by atoms with van der Waals surface area (Å²) in [6.45, 7) is 7.67. The number of carbonyl (C=O) groups is 1. The van der Waals surface area contributed by atoms with Crippen molar-refractivity contribution in [2.45, 2.75) is 57.7 Å². The van der Waals surface area contributed by atoms with Gasteiger partial charge in [0, 0.05) is 0 Å². The van der Waals surface area contributed by atoms with E-state index in [9.17, 15) is 9.90 Å². The van der Waals surface area contributed by atoms with Gasteiger partial charge in [-0.1, -0.05) is 30.3 Å². The van der Waals surface area contributed by atoms with Crippen molar-refractivity contribution in [3.05, 3.63) is 35.9 Å². The van der Waals surface area contributed by atoms with Crippen LogP contribution in [0.5, 0.6) is 0 Å². The Kier molecular flexibility index (Phi) is 5.57. The lowest BCUT2D eigenvalue weighted by atomic mass is 9.85. The summed E-state index contributed by atoms with van der Waals surface area (Å²) < 4.78 is 17.1. The second-order valence-corrected chi connectivity index (χ2v) is 6.56. The Morgan fingerprint density at radius 2 is 1.96 bits per heavy atom. The lowest BCUT2D eigenvalue weighted by Crippen LogP contribution is -2.50. The fourth-order valence-corrected chi connectivity index (χ4v) is 2.95. The zero-order valence-corrected chi connectivity index (χ0v) is 14.2. The Labute approximate surface area is 137 Å². The van der Waals surface area contributed by atoms with Crippen molar-refractivity contribution in [1.29, 1.82) is 0 Å².